The highest BCUT2D eigenvalue weighted by atomic mass is 16.4. The number of rotatable bonds is 60. The van der Waals surface area contributed by atoms with Gasteiger partial charge in [0.2, 0.25) is 112 Å². The van der Waals surface area contributed by atoms with Gasteiger partial charge in [0, 0.05) is 32.2 Å². The van der Waals surface area contributed by atoms with E-state index in [2.05, 4.69) is 63.8 Å². The monoisotopic (exact) mass is 1870 g/mol. The molecule has 1 fully saturated rings. The number of carbonyl (C=O) groups excluding carboxylic acids is 19. The molecule has 1 aliphatic rings. The summed E-state index contributed by atoms with van der Waals surface area (Å²) < 4.78 is 0. The molecule has 15 atom stereocenters. The van der Waals surface area contributed by atoms with Crippen molar-refractivity contribution in [1.82, 2.24) is 84.7 Å². The summed E-state index contributed by atoms with van der Waals surface area (Å²) in [5.74, 6) is -27.2. The normalized spacial score (nSPS) is 15.2. The summed E-state index contributed by atoms with van der Waals surface area (Å²) in [6.45, 7) is 0.677. The van der Waals surface area contributed by atoms with Crippen LogP contribution in [0, 0.1) is 5.92 Å². The molecule has 1 aliphatic heterocycles. The van der Waals surface area contributed by atoms with Crippen LogP contribution in [0.25, 0.3) is 0 Å². The maximum absolute atomic E-state index is 14.5. The Kier molecular flexibility index (Phi) is 47.3. The number of carboxylic acids is 3. The lowest BCUT2D eigenvalue weighted by Crippen LogP contribution is -2.62. The summed E-state index contributed by atoms with van der Waals surface area (Å²) in [5, 5.41) is 94.0. The van der Waals surface area contributed by atoms with Gasteiger partial charge in [-0.25, -0.2) is 0 Å². The van der Waals surface area contributed by atoms with E-state index in [0.29, 0.717) is 36.8 Å². The van der Waals surface area contributed by atoms with E-state index in [1.54, 1.807) is 44.2 Å². The fourth-order valence-corrected chi connectivity index (χ4v) is 13.4. The van der Waals surface area contributed by atoms with Gasteiger partial charge in [-0.1, -0.05) is 74.9 Å². The molecule has 730 valence electrons. The Bertz CT molecular complexity index is 4590. The second kappa shape index (κ2) is 56.8. The lowest BCUT2D eigenvalue weighted by atomic mass is 9.96. The van der Waals surface area contributed by atoms with Crippen LogP contribution < -0.4 is 114 Å². The standard InChI is InChI=1S/C83H120N22O28/c1-4-42(2)69(103-71(121)49(86)26-27-60(87)109)81(131)102-58(33-46-20-24-48(108)25-21-46)83(133)105-30-12-17-59(105)80(130)92-40-65(114)95-56(36-66(115)116)74(124)91-39-64(113)96-57(37-67(117)118)79(129)104-70(43(3)106)82(132)101-55(35-62(89)111)78(128)99-53(32-45-18-22-47(107)23-19-45)77(127)100-54(34-61(88)110)73(123)90-38-63(112)94-51(16-9-11-29-85)75(125)98-52(31-44-13-6-5-7-14-44)76(126)97-50(15-8-10-28-84)72(122)93-41-68(119)120/h5-7,13-14,18-25,42-43,49-59,69-70,106-108H,4,8-12,15-17,26-41,84-86H2,1-3H3,(H2,87,109)(H2,88,110)(H2,89,111)(H,90,123)(H,91,124)(H,92,130)(H,93,122)(H,94,112)(H,95,114)(H,96,113)(H,97,126)(H,98,125)(H,99,128)(H,100,127)(H,101,132)(H,102,131)(H,103,121)(H,104,129)(H,115,116)(H,117,118)(H,119,120)/t42-,43+,49-,50-,51-,52-,53-,54-,55-,56-,57-,58-,59-,69-,70-/m0/s1. The van der Waals surface area contributed by atoms with E-state index < -0.39 is 279 Å². The van der Waals surface area contributed by atoms with Gasteiger partial charge >= 0.3 is 17.9 Å². The van der Waals surface area contributed by atoms with Crippen LogP contribution in [-0.4, -0.2) is 296 Å². The highest BCUT2D eigenvalue weighted by Gasteiger charge is 2.42. The Hall–Kier alpha value is -14.6. The highest BCUT2D eigenvalue weighted by molar-refractivity contribution is 6.02. The third-order valence-electron chi connectivity index (χ3n) is 20.6. The number of phenolic OH excluding ortho intramolecular Hbond substituents is 2. The zero-order valence-corrected chi connectivity index (χ0v) is 73.4. The Balaban J connectivity index is 1.48. The van der Waals surface area contributed by atoms with Gasteiger partial charge in [-0.15, -0.1) is 0 Å². The topological polar surface area (TPSA) is 837 Å². The molecule has 0 unspecified atom stereocenters. The number of hydrogen-bond donors (Lipinski definition) is 27. The van der Waals surface area contributed by atoms with Gasteiger partial charge in [0.15, 0.2) is 0 Å². The lowest BCUT2D eigenvalue weighted by molar-refractivity contribution is -0.142. The molecule has 133 heavy (non-hydrogen) atoms. The summed E-state index contributed by atoms with van der Waals surface area (Å²) >= 11 is 0. The van der Waals surface area contributed by atoms with Crippen molar-refractivity contribution in [2.75, 3.05) is 45.8 Å². The quantitative estimate of drug-likeness (QED) is 0.0233. The number of carboxylic acid groups (broad SMARTS) is 3. The first-order chi connectivity index (χ1) is 62.8. The van der Waals surface area contributed by atoms with E-state index in [-0.39, 0.29) is 94.5 Å². The van der Waals surface area contributed by atoms with Crippen LogP contribution in [0.4, 0.5) is 0 Å². The number of primary amides is 3. The zero-order chi connectivity index (χ0) is 99.3. The molecular weight excluding hydrogens is 1750 g/mol. The number of benzene rings is 3. The van der Waals surface area contributed by atoms with Gasteiger partial charge in [-0.3, -0.25) is 105 Å². The van der Waals surface area contributed by atoms with Crippen molar-refractivity contribution in [3.63, 3.8) is 0 Å². The Morgan fingerprint density at radius 1 is 0.391 bits per heavy atom. The van der Waals surface area contributed by atoms with Crippen molar-refractivity contribution >= 4 is 130 Å². The van der Waals surface area contributed by atoms with Crippen molar-refractivity contribution in [3.8, 4) is 11.5 Å². The number of unbranched alkanes of at least 4 members (excludes halogenated alkanes) is 2. The van der Waals surface area contributed by atoms with Crippen LogP contribution in [0.5, 0.6) is 11.5 Å². The number of hydrogen-bond acceptors (Lipinski definition) is 28. The third kappa shape index (κ3) is 40.6. The molecule has 3 aromatic rings. The number of phenols is 2. The molecule has 0 aliphatic carbocycles. The number of nitrogens with one attached hydrogen (secondary N) is 15. The molecule has 0 aromatic heterocycles. The molecule has 50 nitrogen and oxygen atoms in total. The predicted octanol–water partition coefficient (Wildman–Crippen LogP) is -10.0. The molecule has 0 spiro atoms. The molecule has 33 N–H and O–H groups in total. The van der Waals surface area contributed by atoms with Gasteiger partial charge in [0.05, 0.1) is 57.5 Å². The minimum Gasteiger partial charge on any atom is -0.508 e. The zero-order valence-electron chi connectivity index (χ0n) is 73.4. The Labute approximate surface area is 762 Å². The van der Waals surface area contributed by atoms with Crippen molar-refractivity contribution in [3.05, 3.63) is 95.6 Å². The van der Waals surface area contributed by atoms with Crippen molar-refractivity contribution in [2.24, 2.45) is 40.3 Å². The number of aliphatic carboxylic acids is 3. The second-order valence-electron chi connectivity index (χ2n) is 31.4. The first-order valence-corrected chi connectivity index (χ1v) is 42.5. The van der Waals surface area contributed by atoms with Crippen LogP contribution >= 0.6 is 0 Å². The average molecular weight is 1870 g/mol. The summed E-state index contributed by atoms with van der Waals surface area (Å²) in [6, 6.07) is -3.26. The van der Waals surface area contributed by atoms with Crippen molar-refractivity contribution in [1.29, 1.82) is 0 Å². The van der Waals surface area contributed by atoms with Gasteiger partial charge in [-0.2, -0.15) is 0 Å². The van der Waals surface area contributed by atoms with Crippen LogP contribution in [-0.2, 0) is 125 Å². The molecule has 1 saturated heterocycles. The van der Waals surface area contributed by atoms with Gasteiger partial charge in [0.1, 0.15) is 90.5 Å². The molecule has 50 heteroatoms. The molecule has 3 aromatic carbocycles. The van der Waals surface area contributed by atoms with Crippen LogP contribution in [0.1, 0.15) is 134 Å². The molecule has 1 heterocycles. The van der Waals surface area contributed by atoms with E-state index in [1.165, 1.54) is 36.4 Å². The predicted molar refractivity (Wildman–Crippen MR) is 465 cm³/mol. The summed E-state index contributed by atoms with van der Waals surface area (Å²) in [6.07, 6.45) is -6.14. The first-order valence-electron chi connectivity index (χ1n) is 42.5. The number of nitrogens with zero attached hydrogens (tertiary/aromatic N) is 1. The Morgan fingerprint density at radius 3 is 1.22 bits per heavy atom. The fourth-order valence-electron chi connectivity index (χ4n) is 13.4. The van der Waals surface area contributed by atoms with Crippen molar-refractivity contribution in [2.45, 2.75) is 221 Å². The number of carbonyl (C=O) groups is 22. The Morgan fingerprint density at radius 2 is 0.759 bits per heavy atom. The molecule has 0 bridgehead atoms. The smallest absolute Gasteiger partial charge is 0.322 e. The maximum Gasteiger partial charge on any atom is 0.322 e. The van der Waals surface area contributed by atoms with Crippen LogP contribution in [0.15, 0.2) is 78.9 Å². The minimum absolute atomic E-state index is 0.0187. The van der Waals surface area contributed by atoms with E-state index in [0.717, 1.165) is 24.0 Å². The fraction of sp³-hybridized carbons (Fsp3) is 0.518. The summed E-state index contributed by atoms with van der Waals surface area (Å²) in [4.78, 5) is 295. The number of aromatic hydroxyl groups is 2. The molecule has 4 rings (SSSR count). The molecular formula is C83H120N22O28. The summed E-state index contributed by atoms with van der Waals surface area (Å²) in [5.41, 5.74) is 34.7. The van der Waals surface area contributed by atoms with E-state index in [9.17, 15) is 136 Å². The van der Waals surface area contributed by atoms with Crippen LogP contribution in [0.3, 0.4) is 0 Å². The number of amides is 19. The first kappa shape index (κ1) is 111. The second-order valence-corrected chi connectivity index (χ2v) is 31.4. The lowest BCUT2D eigenvalue weighted by Gasteiger charge is -2.31. The highest BCUT2D eigenvalue weighted by Crippen LogP contribution is 2.23. The SMILES string of the molecule is CC[C@H](C)[C@H](NC(=O)[C@@H](N)CCC(N)=O)C(=O)N[C@@H](Cc1ccc(O)cc1)C(=O)N1CCC[C@H]1C(=O)NCC(=O)N[C@@H](CC(=O)O)C(=O)NCC(=O)N[C@@H](CC(=O)O)C(=O)N[C@H](C(=O)N[C@@H](CC(N)=O)C(=O)N[C@@H](Cc1ccc(O)cc1)C(=O)N[C@@H](CC(N)=O)C(=O)NCC(=O)N[C@@H](CCCCN)C(=O)N[C@@H](Cc1ccccc1)C(=O)N[C@@H](CCCCN)C(=O)NCC(=O)O)[C@@H](C)O. The number of aliphatic hydroxyl groups is 1. The van der Waals surface area contributed by atoms with E-state index in [4.69, 9.17) is 34.4 Å². The molecule has 19 amide bonds. The van der Waals surface area contributed by atoms with Gasteiger partial charge in [0.25, 0.3) is 0 Å². The molecule has 0 radical (unpaired) electrons. The molecule has 0 saturated carbocycles. The maximum atomic E-state index is 14.5. The average Bonchev–Trinajstić information content (AvgIpc) is 1.73. The van der Waals surface area contributed by atoms with Gasteiger partial charge < -0.3 is 150 Å². The van der Waals surface area contributed by atoms with Crippen molar-refractivity contribution < 1.29 is 136 Å². The third-order valence-corrected chi connectivity index (χ3v) is 20.6. The number of likely N-dealkylation sites (tertiary alicyclic amines) is 1. The summed E-state index contributed by atoms with van der Waals surface area (Å²) in [7, 11) is 0. The van der Waals surface area contributed by atoms with E-state index >= 15 is 0 Å². The largest absolute Gasteiger partial charge is 0.508 e. The number of nitrogens with two attached hydrogens (primary N) is 6. The van der Waals surface area contributed by atoms with E-state index in [1.807, 2.05) is 16.0 Å². The van der Waals surface area contributed by atoms with Crippen LogP contribution in [0.2, 0.25) is 0 Å². The number of aliphatic hydroxyl groups excluding tert-OH is 1. The minimum atomic E-state index is -2.25. The van der Waals surface area contributed by atoms with Gasteiger partial charge in [-0.05, 0) is 125 Å².